The number of carbonyl (C=O) groups excluding carboxylic acids is 1. The molecule has 3 rings (SSSR count). The fraction of sp³-hybridized carbons (Fsp3) is 0.741. The van der Waals surface area contributed by atoms with E-state index in [0.29, 0.717) is 19.6 Å². The Morgan fingerprint density at radius 2 is 1.94 bits per heavy atom. The maximum absolute atomic E-state index is 13.3. The summed E-state index contributed by atoms with van der Waals surface area (Å²) in [5, 5.41) is 18.5. The van der Waals surface area contributed by atoms with Gasteiger partial charge in [0.05, 0.1) is 5.60 Å². The number of likely N-dealkylation sites (tertiary alicyclic amines) is 1. The van der Waals surface area contributed by atoms with Gasteiger partial charge in [-0.05, 0) is 50.6 Å². The molecular weight excluding hydrogens is 414 g/mol. The SMILES string of the molecule is CNCC(CC1CCCCC1)NC(=O)N1CCCC(C(O)(CCCOC)c2ccccc2)C1. The number of nitrogens with zero attached hydrogens (tertiary/aromatic N) is 1. The molecule has 33 heavy (non-hydrogen) atoms. The fourth-order valence-corrected chi connectivity index (χ4v) is 5.88. The minimum atomic E-state index is -0.953. The molecule has 2 amide bonds. The highest BCUT2D eigenvalue weighted by Gasteiger charge is 2.41. The van der Waals surface area contributed by atoms with Crippen LogP contribution in [0.1, 0.15) is 69.8 Å². The Labute approximate surface area is 200 Å². The van der Waals surface area contributed by atoms with E-state index in [1.807, 2.05) is 42.3 Å². The summed E-state index contributed by atoms with van der Waals surface area (Å²) in [5.41, 5.74) is -0.00990. The molecule has 3 N–H and O–H groups in total. The number of nitrogens with one attached hydrogen (secondary N) is 2. The summed E-state index contributed by atoms with van der Waals surface area (Å²) in [6.45, 7) is 2.75. The van der Waals surface area contributed by atoms with Gasteiger partial charge in [0.1, 0.15) is 0 Å². The molecule has 1 aromatic rings. The Morgan fingerprint density at radius 1 is 1.18 bits per heavy atom. The normalized spacial score (nSPS) is 22.5. The molecule has 0 spiro atoms. The van der Waals surface area contributed by atoms with Crippen LogP contribution in [0.4, 0.5) is 4.79 Å². The largest absolute Gasteiger partial charge is 0.385 e. The molecule has 1 saturated carbocycles. The molecule has 1 aliphatic heterocycles. The van der Waals surface area contributed by atoms with Crippen molar-refractivity contribution in [1.29, 1.82) is 0 Å². The van der Waals surface area contributed by atoms with E-state index in [4.69, 9.17) is 4.74 Å². The van der Waals surface area contributed by atoms with Crippen LogP contribution in [0, 0.1) is 11.8 Å². The summed E-state index contributed by atoms with van der Waals surface area (Å²) < 4.78 is 5.26. The van der Waals surface area contributed by atoms with E-state index in [1.54, 1.807) is 7.11 Å². The average molecular weight is 460 g/mol. The van der Waals surface area contributed by atoms with Gasteiger partial charge in [0.2, 0.25) is 0 Å². The number of amides is 2. The van der Waals surface area contributed by atoms with Gasteiger partial charge in [-0.1, -0.05) is 62.4 Å². The quantitative estimate of drug-likeness (QED) is 0.432. The minimum absolute atomic E-state index is 0.0114. The van der Waals surface area contributed by atoms with Crippen molar-refractivity contribution in [2.24, 2.45) is 11.8 Å². The summed E-state index contributed by atoms with van der Waals surface area (Å²) >= 11 is 0. The molecule has 2 fully saturated rings. The van der Waals surface area contributed by atoms with E-state index >= 15 is 0 Å². The zero-order valence-corrected chi connectivity index (χ0v) is 20.7. The van der Waals surface area contributed by atoms with E-state index in [-0.39, 0.29) is 18.0 Å². The van der Waals surface area contributed by atoms with Crippen molar-refractivity contribution >= 4 is 6.03 Å². The number of aliphatic hydroxyl groups is 1. The fourth-order valence-electron chi connectivity index (χ4n) is 5.88. The lowest BCUT2D eigenvalue weighted by Gasteiger charge is -2.43. The van der Waals surface area contributed by atoms with Crippen molar-refractivity contribution < 1.29 is 14.6 Å². The molecule has 0 bridgehead atoms. The highest BCUT2D eigenvalue weighted by molar-refractivity contribution is 5.74. The first-order chi connectivity index (χ1) is 16.1. The molecule has 2 aliphatic rings. The summed E-state index contributed by atoms with van der Waals surface area (Å²) in [5.74, 6) is 0.729. The van der Waals surface area contributed by atoms with Gasteiger partial charge in [-0.15, -0.1) is 0 Å². The first kappa shape index (κ1) is 26.0. The number of ether oxygens (including phenoxy) is 1. The predicted molar refractivity (Wildman–Crippen MR) is 133 cm³/mol. The molecule has 1 aliphatic carbocycles. The molecule has 6 nitrogen and oxygen atoms in total. The monoisotopic (exact) mass is 459 g/mol. The Kier molecular flexibility index (Phi) is 10.5. The molecule has 0 aromatic heterocycles. The number of carbonyl (C=O) groups is 1. The van der Waals surface area contributed by atoms with Crippen LogP contribution >= 0.6 is 0 Å². The van der Waals surface area contributed by atoms with Gasteiger partial charge < -0.3 is 25.4 Å². The molecule has 3 unspecified atom stereocenters. The van der Waals surface area contributed by atoms with Crippen molar-refractivity contribution in [2.45, 2.75) is 75.9 Å². The second-order valence-corrected chi connectivity index (χ2v) is 10.1. The number of piperidine rings is 1. The lowest BCUT2D eigenvalue weighted by Crippen LogP contribution is -2.54. The summed E-state index contributed by atoms with van der Waals surface area (Å²) in [4.78, 5) is 15.2. The third-order valence-electron chi connectivity index (χ3n) is 7.68. The van der Waals surface area contributed by atoms with Crippen LogP contribution in [-0.4, -0.2) is 62.5 Å². The highest BCUT2D eigenvalue weighted by Crippen LogP contribution is 2.39. The average Bonchev–Trinajstić information content (AvgIpc) is 2.85. The second-order valence-electron chi connectivity index (χ2n) is 10.1. The standard InChI is InChI=1S/C27H45N3O3/c1-28-20-25(19-22-11-5-3-6-12-22)29-26(31)30-17-9-15-24(21-30)27(32,16-10-18-33-2)23-13-7-4-8-14-23/h4,7-8,13-14,22,24-25,28,32H,3,5-6,9-12,15-21H2,1-2H3,(H,29,31). The van der Waals surface area contributed by atoms with E-state index in [0.717, 1.165) is 50.3 Å². The Hall–Kier alpha value is -1.63. The van der Waals surface area contributed by atoms with Crippen LogP contribution in [0.3, 0.4) is 0 Å². The Balaban J connectivity index is 1.65. The first-order valence-corrected chi connectivity index (χ1v) is 13.0. The van der Waals surface area contributed by atoms with E-state index in [2.05, 4.69) is 10.6 Å². The van der Waals surface area contributed by atoms with Crippen molar-refractivity contribution in [1.82, 2.24) is 15.5 Å². The minimum Gasteiger partial charge on any atom is -0.385 e. The van der Waals surface area contributed by atoms with Gasteiger partial charge in [0.25, 0.3) is 0 Å². The van der Waals surface area contributed by atoms with Crippen LogP contribution in [0.15, 0.2) is 30.3 Å². The number of methoxy groups -OCH3 is 1. The number of hydrogen-bond acceptors (Lipinski definition) is 4. The zero-order chi connectivity index (χ0) is 23.5. The van der Waals surface area contributed by atoms with Crippen LogP contribution in [-0.2, 0) is 10.3 Å². The molecule has 1 saturated heterocycles. The summed E-state index contributed by atoms with van der Waals surface area (Å²) in [7, 11) is 3.65. The van der Waals surface area contributed by atoms with Gasteiger partial charge in [-0.3, -0.25) is 0 Å². The third kappa shape index (κ3) is 7.43. The molecule has 6 heteroatoms. The van der Waals surface area contributed by atoms with Crippen molar-refractivity contribution in [3.05, 3.63) is 35.9 Å². The van der Waals surface area contributed by atoms with Gasteiger partial charge >= 0.3 is 6.03 Å². The van der Waals surface area contributed by atoms with Crippen molar-refractivity contribution in [3.63, 3.8) is 0 Å². The van der Waals surface area contributed by atoms with Crippen LogP contribution in [0.25, 0.3) is 0 Å². The van der Waals surface area contributed by atoms with E-state index in [9.17, 15) is 9.90 Å². The maximum Gasteiger partial charge on any atom is 0.317 e. The lowest BCUT2D eigenvalue weighted by atomic mass is 9.74. The van der Waals surface area contributed by atoms with Gasteiger partial charge in [0, 0.05) is 45.3 Å². The number of likely N-dealkylation sites (N-methyl/N-ethyl adjacent to an activating group) is 1. The first-order valence-electron chi connectivity index (χ1n) is 13.0. The number of urea groups is 1. The van der Waals surface area contributed by atoms with E-state index < -0.39 is 5.60 Å². The maximum atomic E-state index is 13.3. The number of rotatable bonds is 11. The van der Waals surface area contributed by atoms with Gasteiger partial charge in [-0.2, -0.15) is 0 Å². The Morgan fingerprint density at radius 3 is 2.64 bits per heavy atom. The Bertz CT molecular complexity index is 695. The van der Waals surface area contributed by atoms with Crippen LogP contribution < -0.4 is 10.6 Å². The topological polar surface area (TPSA) is 73.8 Å². The second kappa shape index (κ2) is 13.3. The van der Waals surface area contributed by atoms with Gasteiger partial charge in [0.15, 0.2) is 0 Å². The van der Waals surface area contributed by atoms with Gasteiger partial charge in [-0.25, -0.2) is 4.79 Å². The summed E-state index contributed by atoms with van der Waals surface area (Å²) in [6, 6.07) is 10.1. The van der Waals surface area contributed by atoms with Crippen LogP contribution in [0.2, 0.25) is 0 Å². The summed E-state index contributed by atoms with van der Waals surface area (Å²) in [6.07, 6.45) is 10.9. The molecular formula is C27H45N3O3. The predicted octanol–water partition coefficient (Wildman–Crippen LogP) is 4.28. The third-order valence-corrected chi connectivity index (χ3v) is 7.68. The molecule has 1 aromatic carbocycles. The van der Waals surface area contributed by atoms with Crippen molar-refractivity contribution in [2.75, 3.05) is 40.4 Å². The molecule has 1 heterocycles. The highest BCUT2D eigenvalue weighted by atomic mass is 16.5. The molecule has 186 valence electrons. The number of hydrogen-bond donors (Lipinski definition) is 3. The van der Waals surface area contributed by atoms with Crippen LogP contribution in [0.5, 0.6) is 0 Å². The van der Waals surface area contributed by atoms with Crippen molar-refractivity contribution in [3.8, 4) is 0 Å². The molecule has 0 radical (unpaired) electrons. The smallest absolute Gasteiger partial charge is 0.317 e. The lowest BCUT2D eigenvalue weighted by molar-refractivity contribution is -0.0584. The zero-order valence-electron chi connectivity index (χ0n) is 20.7. The molecule has 3 atom stereocenters. The number of benzene rings is 1. The van der Waals surface area contributed by atoms with E-state index in [1.165, 1.54) is 32.1 Å².